The van der Waals surface area contributed by atoms with Crippen molar-refractivity contribution < 1.29 is 4.42 Å². The number of furan rings is 1. The van der Waals surface area contributed by atoms with Gasteiger partial charge in [-0.15, -0.1) is 0 Å². The standard InChI is InChI=1S/C40H21N5O/c1-42-30-22-26(25-41)21-29(23-30)27-11-15-31(16-12-27)45(33-19-20-37(43-2)38(24-33)44-3)32-17-13-28(14-18-32)34-8-6-9-36-35-7-4-5-10-39(35)46-40(34)36/h4-24H. The first-order chi connectivity index (χ1) is 22.6. The van der Waals surface area contributed by atoms with Gasteiger partial charge in [0.1, 0.15) is 11.2 Å². The monoisotopic (exact) mass is 587 g/mol. The van der Waals surface area contributed by atoms with E-state index in [1.807, 2.05) is 71.6 Å². The van der Waals surface area contributed by atoms with Crippen molar-refractivity contribution in [1.29, 1.82) is 5.26 Å². The van der Waals surface area contributed by atoms with Gasteiger partial charge >= 0.3 is 0 Å². The summed E-state index contributed by atoms with van der Waals surface area (Å²) in [5, 5.41) is 11.6. The lowest BCUT2D eigenvalue weighted by molar-refractivity contribution is 0.670. The highest BCUT2D eigenvalue weighted by atomic mass is 16.3. The third kappa shape index (κ3) is 4.86. The lowest BCUT2D eigenvalue weighted by Crippen LogP contribution is -2.09. The predicted molar refractivity (Wildman–Crippen MR) is 183 cm³/mol. The predicted octanol–water partition coefficient (Wildman–Crippen LogP) is 11.9. The highest BCUT2D eigenvalue weighted by Gasteiger charge is 2.17. The van der Waals surface area contributed by atoms with E-state index in [9.17, 15) is 5.26 Å². The summed E-state index contributed by atoms with van der Waals surface area (Å²) in [6.07, 6.45) is 0. The Bertz CT molecular complexity index is 2430. The van der Waals surface area contributed by atoms with Crippen LogP contribution in [0.1, 0.15) is 5.56 Å². The third-order valence-electron chi connectivity index (χ3n) is 7.93. The molecule has 0 atom stereocenters. The van der Waals surface area contributed by atoms with Gasteiger partial charge in [0.25, 0.3) is 0 Å². The maximum atomic E-state index is 9.45. The van der Waals surface area contributed by atoms with Gasteiger partial charge in [0.2, 0.25) is 0 Å². The lowest BCUT2D eigenvalue weighted by atomic mass is 10.0. The second-order valence-corrected chi connectivity index (χ2v) is 10.6. The minimum absolute atomic E-state index is 0.280. The van der Waals surface area contributed by atoms with Crippen LogP contribution in [0.15, 0.2) is 132 Å². The van der Waals surface area contributed by atoms with Crippen LogP contribution in [0.3, 0.4) is 0 Å². The van der Waals surface area contributed by atoms with Crippen molar-refractivity contribution in [2.24, 2.45) is 0 Å². The van der Waals surface area contributed by atoms with E-state index in [0.717, 1.165) is 61.3 Å². The average molecular weight is 588 g/mol. The Hall–Kier alpha value is -7.12. The van der Waals surface area contributed by atoms with Crippen LogP contribution in [0.4, 0.5) is 34.1 Å². The molecular formula is C40H21N5O. The number of benzene rings is 6. The van der Waals surface area contributed by atoms with Crippen LogP contribution in [-0.2, 0) is 0 Å². The molecule has 0 radical (unpaired) electrons. The molecule has 0 unspecified atom stereocenters. The minimum Gasteiger partial charge on any atom is -0.455 e. The van der Waals surface area contributed by atoms with Gasteiger partial charge in [-0.25, -0.2) is 4.85 Å². The molecule has 6 aromatic carbocycles. The van der Waals surface area contributed by atoms with Gasteiger partial charge in [0, 0.05) is 39.0 Å². The van der Waals surface area contributed by atoms with E-state index in [1.54, 1.807) is 30.3 Å². The third-order valence-corrected chi connectivity index (χ3v) is 7.93. The first kappa shape index (κ1) is 27.7. The van der Waals surface area contributed by atoms with E-state index >= 15 is 0 Å². The van der Waals surface area contributed by atoms with Crippen LogP contribution in [0.25, 0.3) is 58.7 Å². The molecule has 7 rings (SSSR count). The van der Waals surface area contributed by atoms with Crippen molar-refractivity contribution in [1.82, 2.24) is 0 Å². The zero-order valence-corrected chi connectivity index (χ0v) is 24.3. The summed E-state index contributed by atoms with van der Waals surface area (Å²) in [5.41, 5.74) is 9.18. The van der Waals surface area contributed by atoms with Crippen molar-refractivity contribution in [3.8, 4) is 28.3 Å². The summed E-state index contributed by atoms with van der Waals surface area (Å²) in [4.78, 5) is 12.7. The summed E-state index contributed by atoms with van der Waals surface area (Å²) in [5.74, 6) is 0. The zero-order valence-electron chi connectivity index (χ0n) is 24.3. The molecule has 0 saturated carbocycles. The summed E-state index contributed by atoms with van der Waals surface area (Å²) in [6, 6.07) is 42.7. The van der Waals surface area contributed by atoms with Crippen LogP contribution in [0, 0.1) is 31.0 Å². The Labute approximate surface area is 265 Å². The van der Waals surface area contributed by atoms with E-state index < -0.39 is 0 Å². The Morgan fingerprint density at radius 1 is 0.565 bits per heavy atom. The maximum Gasteiger partial charge on any atom is 0.196 e. The van der Waals surface area contributed by atoms with Gasteiger partial charge in [-0.3, -0.25) is 9.69 Å². The van der Waals surface area contributed by atoms with Gasteiger partial charge in [0.15, 0.2) is 17.1 Å². The molecule has 0 N–H and O–H groups in total. The zero-order chi connectivity index (χ0) is 31.6. The normalized spacial score (nSPS) is 10.5. The van der Waals surface area contributed by atoms with Crippen molar-refractivity contribution in [3.05, 3.63) is 167 Å². The highest BCUT2D eigenvalue weighted by molar-refractivity contribution is 6.09. The van der Waals surface area contributed by atoms with Gasteiger partial charge in [-0.05, 0) is 71.3 Å². The van der Waals surface area contributed by atoms with Gasteiger partial charge in [-0.2, -0.15) is 5.26 Å². The molecule has 0 fully saturated rings. The van der Waals surface area contributed by atoms with Crippen LogP contribution >= 0.6 is 0 Å². The van der Waals surface area contributed by atoms with E-state index in [1.165, 1.54) is 0 Å². The average Bonchev–Trinajstić information content (AvgIpc) is 3.51. The molecule has 6 nitrogen and oxygen atoms in total. The minimum atomic E-state index is 0.280. The molecule has 0 spiro atoms. The van der Waals surface area contributed by atoms with Crippen molar-refractivity contribution in [3.63, 3.8) is 0 Å². The fourth-order valence-corrected chi connectivity index (χ4v) is 5.76. The largest absolute Gasteiger partial charge is 0.455 e. The van der Waals surface area contributed by atoms with Crippen LogP contribution in [0.2, 0.25) is 0 Å². The molecule has 46 heavy (non-hydrogen) atoms. The number of anilines is 3. The number of para-hydroxylation sites is 2. The number of rotatable bonds is 5. The molecule has 1 aromatic heterocycles. The first-order valence-electron chi connectivity index (χ1n) is 14.3. The van der Waals surface area contributed by atoms with Crippen molar-refractivity contribution in [2.45, 2.75) is 0 Å². The Balaban J connectivity index is 1.32. The number of hydrogen-bond donors (Lipinski definition) is 0. The SMILES string of the molecule is [C-]#[N+]c1cc(C#N)cc(-c2ccc(N(c3ccc(-c4cccc5c4oc4ccccc45)cc3)c3ccc([N+]#[C-])c([N+]#[C-])c3)cc2)c1. The molecule has 6 heteroatoms. The maximum absolute atomic E-state index is 9.45. The molecule has 0 aliphatic rings. The molecule has 0 aliphatic carbocycles. The smallest absolute Gasteiger partial charge is 0.196 e. The molecule has 0 saturated heterocycles. The van der Waals surface area contributed by atoms with Crippen LogP contribution < -0.4 is 4.90 Å². The number of nitrogens with zero attached hydrogens (tertiary/aromatic N) is 5. The Morgan fingerprint density at radius 3 is 1.93 bits per heavy atom. The molecular weight excluding hydrogens is 566 g/mol. The van der Waals surface area contributed by atoms with E-state index in [0.29, 0.717) is 16.9 Å². The number of nitriles is 1. The van der Waals surface area contributed by atoms with Crippen LogP contribution in [0.5, 0.6) is 0 Å². The molecule has 0 amide bonds. The summed E-state index contributed by atoms with van der Waals surface area (Å²) < 4.78 is 6.28. The van der Waals surface area contributed by atoms with E-state index in [4.69, 9.17) is 24.1 Å². The van der Waals surface area contributed by atoms with Crippen LogP contribution in [-0.4, -0.2) is 0 Å². The Morgan fingerprint density at radius 2 is 1.24 bits per heavy atom. The van der Waals surface area contributed by atoms with Gasteiger partial charge in [-0.1, -0.05) is 72.8 Å². The molecule has 7 aromatic rings. The fourth-order valence-electron chi connectivity index (χ4n) is 5.76. The molecule has 1 heterocycles. The fraction of sp³-hybridized carbons (Fsp3) is 0. The highest BCUT2D eigenvalue weighted by Crippen LogP contribution is 2.42. The number of hydrogen-bond acceptors (Lipinski definition) is 3. The summed E-state index contributed by atoms with van der Waals surface area (Å²) in [7, 11) is 0. The Kier molecular flexibility index (Phi) is 6.94. The molecule has 0 bridgehead atoms. The number of fused-ring (bicyclic) bond motifs is 3. The van der Waals surface area contributed by atoms with E-state index in [-0.39, 0.29) is 5.69 Å². The topological polar surface area (TPSA) is 53.2 Å². The summed E-state index contributed by atoms with van der Waals surface area (Å²) in [6.45, 7) is 22.6. The van der Waals surface area contributed by atoms with E-state index in [2.05, 4.69) is 50.9 Å². The molecule has 0 aliphatic heterocycles. The summed E-state index contributed by atoms with van der Waals surface area (Å²) >= 11 is 0. The quantitative estimate of drug-likeness (QED) is 0.188. The van der Waals surface area contributed by atoms with Gasteiger partial charge in [0.05, 0.1) is 25.8 Å². The van der Waals surface area contributed by atoms with Crippen molar-refractivity contribution in [2.75, 3.05) is 4.90 Å². The second kappa shape index (κ2) is 11.5. The second-order valence-electron chi connectivity index (χ2n) is 10.6. The molecule has 212 valence electrons. The van der Waals surface area contributed by atoms with Crippen molar-refractivity contribution >= 4 is 56.1 Å². The first-order valence-corrected chi connectivity index (χ1v) is 14.3. The lowest BCUT2D eigenvalue weighted by Gasteiger charge is -2.26. The van der Waals surface area contributed by atoms with Gasteiger partial charge < -0.3 is 9.32 Å².